The van der Waals surface area contributed by atoms with E-state index in [1.54, 1.807) is 6.07 Å². The predicted octanol–water partition coefficient (Wildman–Crippen LogP) is 3.45. The summed E-state index contributed by atoms with van der Waals surface area (Å²) in [6.07, 6.45) is 5.97. The Bertz CT molecular complexity index is 573. The van der Waals surface area contributed by atoms with E-state index in [9.17, 15) is 10.1 Å². The van der Waals surface area contributed by atoms with E-state index in [1.807, 2.05) is 19.1 Å². The van der Waals surface area contributed by atoms with E-state index in [2.05, 4.69) is 9.80 Å². The van der Waals surface area contributed by atoms with Crippen molar-refractivity contribution in [3.8, 4) is 5.75 Å². The standard InChI is InChI=1S/C18H27N3O3/c1-2-24-17-9-5-8-16(18(17)21(22)23)20-13-6-7-15(10-14-20)19-11-3-4-12-19/h5,8-9,15H,2-4,6-7,10-14H2,1H3. The third-order valence-electron chi connectivity index (χ3n) is 5.16. The molecular formula is C18H27N3O3. The van der Waals surface area contributed by atoms with Crippen LogP contribution in [0, 0.1) is 10.1 Å². The maximum Gasteiger partial charge on any atom is 0.333 e. The molecule has 0 N–H and O–H groups in total. The summed E-state index contributed by atoms with van der Waals surface area (Å²) < 4.78 is 5.49. The highest BCUT2D eigenvalue weighted by Gasteiger charge is 2.29. The largest absolute Gasteiger partial charge is 0.487 e. The lowest BCUT2D eigenvalue weighted by Crippen LogP contribution is -2.34. The Balaban J connectivity index is 1.78. The SMILES string of the molecule is CCOc1cccc(N2CCCC(N3CCCC3)CC2)c1[N+](=O)[O-]. The van der Waals surface area contributed by atoms with E-state index >= 15 is 0 Å². The quantitative estimate of drug-likeness (QED) is 0.610. The molecule has 0 saturated carbocycles. The average Bonchev–Trinajstić information content (AvgIpc) is 2.99. The van der Waals surface area contributed by atoms with Gasteiger partial charge in [-0.3, -0.25) is 10.1 Å². The number of nitrogens with zero attached hydrogens (tertiary/aromatic N) is 3. The smallest absolute Gasteiger partial charge is 0.333 e. The van der Waals surface area contributed by atoms with Gasteiger partial charge in [-0.25, -0.2) is 0 Å². The zero-order chi connectivity index (χ0) is 16.9. The van der Waals surface area contributed by atoms with Gasteiger partial charge in [0.1, 0.15) is 5.69 Å². The number of rotatable bonds is 5. The van der Waals surface area contributed by atoms with Gasteiger partial charge in [0.25, 0.3) is 0 Å². The van der Waals surface area contributed by atoms with E-state index in [0.29, 0.717) is 24.1 Å². The molecule has 0 aliphatic carbocycles. The molecule has 1 aromatic carbocycles. The Morgan fingerprint density at radius 2 is 1.96 bits per heavy atom. The zero-order valence-electron chi connectivity index (χ0n) is 14.4. The van der Waals surface area contributed by atoms with Crippen LogP contribution in [0.1, 0.15) is 39.0 Å². The van der Waals surface area contributed by atoms with Gasteiger partial charge in [-0.2, -0.15) is 0 Å². The first-order chi connectivity index (χ1) is 11.7. The van der Waals surface area contributed by atoms with E-state index in [-0.39, 0.29) is 10.6 Å². The lowest BCUT2D eigenvalue weighted by molar-refractivity contribution is -0.385. The fourth-order valence-electron chi connectivity index (χ4n) is 4.01. The summed E-state index contributed by atoms with van der Waals surface area (Å²) in [5, 5.41) is 11.6. The normalized spacial score (nSPS) is 22.4. The lowest BCUT2D eigenvalue weighted by Gasteiger charge is -2.27. The number of nitro benzene ring substituents is 1. The van der Waals surface area contributed by atoms with Crippen LogP contribution in [0.5, 0.6) is 5.75 Å². The first-order valence-electron chi connectivity index (χ1n) is 9.10. The van der Waals surface area contributed by atoms with Crippen LogP contribution in [0.2, 0.25) is 0 Å². The van der Waals surface area contributed by atoms with Crippen molar-refractivity contribution in [2.75, 3.05) is 37.7 Å². The van der Waals surface area contributed by atoms with Crippen LogP contribution in [0.25, 0.3) is 0 Å². The number of ether oxygens (including phenoxy) is 1. The molecule has 2 heterocycles. The molecule has 6 heteroatoms. The van der Waals surface area contributed by atoms with Crippen LogP contribution in [-0.4, -0.2) is 48.7 Å². The number of hydrogen-bond acceptors (Lipinski definition) is 5. The predicted molar refractivity (Wildman–Crippen MR) is 94.9 cm³/mol. The second kappa shape index (κ2) is 7.83. The lowest BCUT2D eigenvalue weighted by atomic mass is 10.1. The van der Waals surface area contributed by atoms with Gasteiger partial charge in [0.2, 0.25) is 0 Å². The number of benzene rings is 1. The topological polar surface area (TPSA) is 58.8 Å². The zero-order valence-corrected chi connectivity index (χ0v) is 14.4. The summed E-state index contributed by atoms with van der Waals surface area (Å²) in [4.78, 5) is 16.1. The number of hydrogen-bond donors (Lipinski definition) is 0. The summed E-state index contributed by atoms with van der Waals surface area (Å²) in [5.74, 6) is 0.375. The van der Waals surface area contributed by atoms with Gasteiger partial charge < -0.3 is 14.5 Å². The molecule has 0 spiro atoms. The van der Waals surface area contributed by atoms with E-state index < -0.39 is 0 Å². The van der Waals surface area contributed by atoms with Crippen molar-refractivity contribution >= 4 is 11.4 Å². The van der Waals surface area contributed by atoms with E-state index in [4.69, 9.17) is 4.74 Å². The first-order valence-corrected chi connectivity index (χ1v) is 9.10. The molecule has 2 fully saturated rings. The van der Waals surface area contributed by atoms with Gasteiger partial charge in [-0.1, -0.05) is 6.07 Å². The van der Waals surface area contributed by atoms with Gasteiger partial charge in [0.05, 0.1) is 11.5 Å². The molecule has 2 aliphatic heterocycles. The van der Waals surface area contributed by atoms with Gasteiger partial charge in [0, 0.05) is 19.1 Å². The van der Waals surface area contributed by atoms with Crippen LogP contribution >= 0.6 is 0 Å². The van der Waals surface area contributed by atoms with Gasteiger partial charge in [0.15, 0.2) is 5.75 Å². The Hall–Kier alpha value is -1.82. The molecule has 1 unspecified atom stereocenters. The Kier molecular flexibility index (Phi) is 5.56. The molecule has 1 atom stereocenters. The summed E-state index contributed by atoms with van der Waals surface area (Å²) in [7, 11) is 0. The van der Waals surface area contributed by atoms with Crippen molar-refractivity contribution in [1.82, 2.24) is 4.90 Å². The van der Waals surface area contributed by atoms with Crippen LogP contribution < -0.4 is 9.64 Å². The summed E-state index contributed by atoms with van der Waals surface area (Å²) in [6.45, 7) is 6.46. The Labute approximate surface area is 143 Å². The van der Waals surface area contributed by atoms with Gasteiger partial charge in [-0.15, -0.1) is 0 Å². The van der Waals surface area contributed by atoms with Crippen molar-refractivity contribution in [3.63, 3.8) is 0 Å². The molecule has 1 aromatic rings. The minimum absolute atomic E-state index is 0.110. The Morgan fingerprint density at radius 3 is 2.67 bits per heavy atom. The minimum Gasteiger partial charge on any atom is -0.487 e. The summed E-state index contributed by atoms with van der Waals surface area (Å²) in [6, 6.07) is 6.04. The minimum atomic E-state index is -0.302. The highest BCUT2D eigenvalue weighted by molar-refractivity contribution is 5.69. The molecule has 2 aliphatic rings. The molecule has 3 rings (SSSR count). The number of likely N-dealkylation sites (tertiary alicyclic amines) is 1. The third-order valence-corrected chi connectivity index (χ3v) is 5.16. The fraction of sp³-hybridized carbons (Fsp3) is 0.667. The number of para-hydroxylation sites is 1. The van der Waals surface area contributed by atoms with Crippen molar-refractivity contribution in [3.05, 3.63) is 28.3 Å². The second-order valence-corrected chi connectivity index (χ2v) is 6.63. The highest BCUT2D eigenvalue weighted by atomic mass is 16.6. The fourth-order valence-corrected chi connectivity index (χ4v) is 4.01. The average molecular weight is 333 g/mol. The molecule has 0 bridgehead atoms. The highest BCUT2D eigenvalue weighted by Crippen LogP contribution is 2.38. The third kappa shape index (κ3) is 3.64. The number of anilines is 1. The van der Waals surface area contributed by atoms with E-state index in [1.165, 1.54) is 32.4 Å². The van der Waals surface area contributed by atoms with Crippen LogP contribution in [0.4, 0.5) is 11.4 Å². The monoisotopic (exact) mass is 333 g/mol. The molecule has 132 valence electrons. The van der Waals surface area contributed by atoms with Gasteiger partial charge in [-0.05, 0) is 64.3 Å². The number of nitro groups is 1. The van der Waals surface area contributed by atoms with Crippen LogP contribution in [-0.2, 0) is 0 Å². The van der Waals surface area contributed by atoms with Crippen LogP contribution in [0.15, 0.2) is 18.2 Å². The first kappa shape index (κ1) is 17.0. The Morgan fingerprint density at radius 1 is 1.17 bits per heavy atom. The van der Waals surface area contributed by atoms with Crippen molar-refractivity contribution in [2.45, 2.75) is 45.1 Å². The van der Waals surface area contributed by atoms with Crippen molar-refractivity contribution < 1.29 is 9.66 Å². The van der Waals surface area contributed by atoms with Crippen molar-refractivity contribution in [1.29, 1.82) is 0 Å². The molecule has 0 radical (unpaired) electrons. The van der Waals surface area contributed by atoms with E-state index in [0.717, 1.165) is 25.9 Å². The maximum atomic E-state index is 11.6. The van der Waals surface area contributed by atoms with Crippen molar-refractivity contribution in [2.24, 2.45) is 0 Å². The molecular weight excluding hydrogens is 306 g/mol. The maximum absolute atomic E-state index is 11.6. The second-order valence-electron chi connectivity index (χ2n) is 6.63. The molecule has 6 nitrogen and oxygen atoms in total. The molecule has 0 aromatic heterocycles. The molecule has 24 heavy (non-hydrogen) atoms. The molecule has 2 saturated heterocycles. The summed E-state index contributed by atoms with van der Waals surface area (Å²) in [5.41, 5.74) is 0.812. The molecule has 0 amide bonds. The summed E-state index contributed by atoms with van der Waals surface area (Å²) >= 11 is 0. The van der Waals surface area contributed by atoms with Crippen LogP contribution in [0.3, 0.4) is 0 Å². The van der Waals surface area contributed by atoms with Gasteiger partial charge >= 0.3 is 5.69 Å².